The predicted molar refractivity (Wildman–Crippen MR) is 44.1 cm³/mol. The molecule has 0 fully saturated rings. The van der Waals surface area contributed by atoms with Crippen LogP contribution in [0.2, 0.25) is 6.04 Å². The average Bonchev–Trinajstić information content (AvgIpc) is 1.81. The lowest BCUT2D eigenvalue weighted by molar-refractivity contribution is 0.651. The molecule has 0 saturated carbocycles. The van der Waals surface area contributed by atoms with Crippen LogP contribution in [0, 0.1) is 0 Å². The molecule has 0 aliphatic heterocycles. The Bertz CT molecular complexity index is 40.3. The highest BCUT2D eigenvalue weighted by molar-refractivity contribution is 7.93. The van der Waals surface area contributed by atoms with Crippen molar-refractivity contribution in [3.63, 3.8) is 0 Å². The van der Waals surface area contributed by atoms with Gasteiger partial charge in [0.15, 0.2) is 0 Å². The monoisotopic (exact) mass is 168 g/mol. The Kier molecular flexibility index (Phi) is 8.38. The van der Waals surface area contributed by atoms with Crippen LogP contribution in [0.4, 0.5) is 0 Å². The molecule has 0 bridgehead atoms. The molecule has 1 N–H and O–H groups in total. The van der Waals surface area contributed by atoms with Gasteiger partial charge in [-0.1, -0.05) is 0 Å². The summed E-state index contributed by atoms with van der Waals surface area (Å²) in [4.78, 5) is 0. The molecule has 0 aliphatic rings. The molecule has 0 saturated heterocycles. The summed E-state index contributed by atoms with van der Waals surface area (Å²) in [5.74, 6) is 0.873. The average molecular weight is 168 g/mol. The summed E-state index contributed by atoms with van der Waals surface area (Å²) in [7, 11) is 0.738. The third-order valence-electron chi connectivity index (χ3n) is 0.834. The van der Waals surface area contributed by atoms with Crippen LogP contribution < -0.4 is 0 Å². The van der Waals surface area contributed by atoms with E-state index in [0.717, 1.165) is 34.7 Å². The second-order valence-electron chi connectivity index (χ2n) is 1.53. The Morgan fingerprint density at radius 3 is 3.00 bits per heavy atom. The Hall–Kier alpha value is 0.704. The Labute approximate surface area is 59.7 Å². The van der Waals surface area contributed by atoms with Gasteiger partial charge in [-0.2, -0.15) is 0 Å². The minimum atomic E-state index is -0.161. The fraction of sp³-hybridized carbons (Fsp3) is 1.00. The highest BCUT2D eigenvalue weighted by atomic mass is 32.2. The largest absolute Gasteiger partial charge is 0.468 e. The SMILES string of the molecule is OSCCC[SiH2]O[SiH3]. The summed E-state index contributed by atoms with van der Waals surface area (Å²) in [6.07, 6.45) is 1.12. The normalized spacial score (nSPS) is 11.6. The Balaban J connectivity index is 2.53. The molecule has 0 spiro atoms. The first kappa shape index (κ1) is 8.70. The third-order valence-corrected chi connectivity index (χ3v) is 3.73. The summed E-state index contributed by atoms with van der Waals surface area (Å²) in [5.41, 5.74) is 0. The Morgan fingerprint density at radius 1 is 1.75 bits per heavy atom. The van der Waals surface area contributed by atoms with E-state index < -0.39 is 0 Å². The smallest absolute Gasteiger partial charge is 0.145 e. The van der Waals surface area contributed by atoms with Crippen LogP contribution in [-0.2, 0) is 4.12 Å². The van der Waals surface area contributed by atoms with Crippen LogP contribution >= 0.6 is 12.0 Å². The molecule has 0 aliphatic carbocycles. The van der Waals surface area contributed by atoms with Crippen molar-refractivity contribution in [3.8, 4) is 0 Å². The molecule has 0 aromatic carbocycles. The second kappa shape index (κ2) is 7.70. The minimum absolute atomic E-state index is 0.161. The van der Waals surface area contributed by atoms with Gasteiger partial charge in [0.25, 0.3) is 0 Å². The lowest BCUT2D eigenvalue weighted by Gasteiger charge is -1.93. The van der Waals surface area contributed by atoms with Crippen molar-refractivity contribution < 1.29 is 8.67 Å². The van der Waals surface area contributed by atoms with Gasteiger partial charge in [-0.05, 0) is 24.5 Å². The topological polar surface area (TPSA) is 29.5 Å². The molecule has 2 nitrogen and oxygen atoms in total. The highest BCUT2D eigenvalue weighted by Gasteiger charge is 1.85. The zero-order valence-electron chi connectivity index (χ0n) is 5.09. The standard InChI is InChI=1S/C3H12O2SSi2/c4-6-2-1-3-8-5-7/h4H,1-3,8H2,7H3. The highest BCUT2D eigenvalue weighted by Crippen LogP contribution is 1.97. The zero-order valence-corrected chi connectivity index (χ0v) is 9.32. The first-order valence-electron chi connectivity index (χ1n) is 2.67. The second-order valence-corrected chi connectivity index (χ2v) is 5.62. The van der Waals surface area contributed by atoms with Crippen molar-refractivity contribution in [1.29, 1.82) is 0 Å². The molecule has 5 heteroatoms. The molecule has 0 atom stereocenters. The van der Waals surface area contributed by atoms with Crippen molar-refractivity contribution >= 4 is 32.3 Å². The quantitative estimate of drug-likeness (QED) is 0.337. The number of hydrogen-bond donors (Lipinski definition) is 1. The zero-order chi connectivity index (χ0) is 6.24. The molecule has 0 radical (unpaired) electrons. The molecule has 50 valence electrons. The predicted octanol–water partition coefficient (Wildman–Crippen LogP) is -0.618. The van der Waals surface area contributed by atoms with Gasteiger partial charge < -0.3 is 8.67 Å². The van der Waals surface area contributed by atoms with Gasteiger partial charge in [0.1, 0.15) is 20.2 Å². The maximum Gasteiger partial charge on any atom is 0.145 e. The first-order chi connectivity index (χ1) is 3.91. The van der Waals surface area contributed by atoms with E-state index in [1.807, 2.05) is 0 Å². The molecular weight excluding hydrogens is 156 g/mol. The van der Waals surface area contributed by atoms with Crippen molar-refractivity contribution in [1.82, 2.24) is 0 Å². The fourth-order valence-corrected chi connectivity index (χ4v) is 2.72. The van der Waals surface area contributed by atoms with Gasteiger partial charge in [-0.25, -0.2) is 0 Å². The Morgan fingerprint density at radius 2 is 2.50 bits per heavy atom. The first-order valence-corrected chi connectivity index (χ1v) is 6.00. The summed E-state index contributed by atoms with van der Waals surface area (Å²) >= 11 is 0.930. The maximum absolute atomic E-state index is 8.27. The molecule has 0 aromatic heterocycles. The van der Waals surface area contributed by atoms with Crippen molar-refractivity contribution in [2.24, 2.45) is 0 Å². The lowest BCUT2D eigenvalue weighted by atomic mass is 10.6. The molecule has 0 aromatic rings. The van der Waals surface area contributed by atoms with Crippen LogP contribution in [0.3, 0.4) is 0 Å². The van der Waals surface area contributed by atoms with Gasteiger partial charge >= 0.3 is 0 Å². The van der Waals surface area contributed by atoms with Gasteiger partial charge in [0.05, 0.1) is 0 Å². The molecule has 0 rings (SSSR count). The molecule has 0 amide bonds. The van der Waals surface area contributed by atoms with Crippen LogP contribution in [0.15, 0.2) is 0 Å². The molecule has 8 heavy (non-hydrogen) atoms. The minimum Gasteiger partial charge on any atom is -0.468 e. The molecular formula is C3H12O2SSi2. The van der Waals surface area contributed by atoms with Crippen LogP contribution in [-0.4, -0.2) is 30.6 Å². The molecule has 0 heterocycles. The van der Waals surface area contributed by atoms with Crippen LogP contribution in [0.5, 0.6) is 0 Å². The maximum atomic E-state index is 8.27. The fourth-order valence-electron chi connectivity index (χ4n) is 0.413. The third kappa shape index (κ3) is 6.70. The molecule has 0 unspecified atom stereocenters. The van der Waals surface area contributed by atoms with Crippen molar-refractivity contribution in [3.05, 3.63) is 0 Å². The summed E-state index contributed by atoms with van der Waals surface area (Å²) in [6, 6.07) is 1.22. The van der Waals surface area contributed by atoms with E-state index in [2.05, 4.69) is 0 Å². The van der Waals surface area contributed by atoms with E-state index in [1.54, 1.807) is 0 Å². The van der Waals surface area contributed by atoms with Crippen molar-refractivity contribution in [2.75, 3.05) is 5.75 Å². The van der Waals surface area contributed by atoms with E-state index >= 15 is 0 Å². The van der Waals surface area contributed by atoms with E-state index in [4.69, 9.17) is 8.67 Å². The summed E-state index contributed by atoms with van der Waals surface area (Å²) in [5, 5.41) is 0. The van der Waals surface area contributed by atoms with E-state index in [1.165, 1.54) is 6.04 Å². The summed E-state index contributed by atoms with van der Waals surface area (Å²) < 4.78 is 13.3. The van der Waals surface area contributed by atoms with Gasteiger partial charge in [0.2, 0.25) is 0 Å². The van der Waals surface area contributed by atoms with Gasteiger partial charge in [-0.15, -0.1) is 0 Å². The lowest BCUT2D eigenvalue weighted by Crippen LogP contribution is -1.93. The van der Waals surface area contributed by atoms with E-state index in [9.17, 15) is 0 Å². The van der Waals surface area contributed by atoms with E-state index in [0.29, 0.717) is 0 Å². The van der Waals surface area contributed by atoms with Crippen LogP contribution in [0.1, 0.15) is 6.42 Å². The van der Waals surface area contributed by atoms with Crippen molar-refractivity contribution in [2.45, 2.75) is 12.5 Å². The number of rotatable bonds is 5. The van der Waals surface area contributed by atoms with E-state index in [-0.39, 0.29) is 9.76 Å². The summed E-state index contributed by atoms with van der Waals surface area (Å²) in [6.45, 7) is 0. The van der Waals surface area contributed by atoms with Gasteiger partial charge in [0, 0.05) is 5.75 Å². The number of hydrogen-bond acceptors (Lipinski definition) is 3. The van der Waals surface area contributed by atoms with Crippen LogP contribution in [0.25, 0.3) is 0 Å². The van der Waals surface area contributed by atoms with Gasteiger partial charge in [-0.3, -0.25) is 0 Å².